The largest absolute Gasteiger partial charge is 0.456 e. The van der Waals surface area contributed by atoms with Crippen LogP contribution in [0.4, 0.5) is 0 Å². The molecule has 10 aromatic rings. The molecule has 218 valence electrons. The fourth-order valence-electron chi connectivity index (χ4n) is 5.79. The van der Waals surface area contributed by atoms with Gasteiger partial charge in [0.05, 0.1) is 38.4 Å². The first-order valence-electron chi connectivity index (χ1n) is 27.9. The third kappa shape index (κ3) is 3.97. The molecule has 0 amide bonds. The van der Waals surface area contributed by atoms with Crippen LogP contribution in [-0.2, 0) is 0 Å². The second-order valence-corrected chi connectivity index (χ2v) is 10.3. The Kier molecular flexibility index (Phi) is 2.31. The molecule has 0 fully saturated rings. The van der Waals surface area contributed by atoms with Crippen molar-refractivity contribution in [2.45, 2.75) is 0 Å². The highest BCUT2D eigenvalue weighted by Gasteiger charge is 2.20. The third-order valence-electron chi connectivity index (χ3n) is 7.76. The van der Waals surface area contributed by atoms with E-state index in [4.69, 9.17) is 27.7 Å². The Labute approximate surface area is 311 Å². The van der Waals surface area contributed by atoms with E-state index in [1.54, 1.807) is 0 Å². The van der Waals surface area contributed by atoms with E-state index in [9.17, 15) is 15.1 Å². The Bertz CT molecular complexity index is 4360. The van der Waals surface area contributed by atoms with Crippen molar-refractivity contribution < 1.29 is 42.8 Å². The van der Waals surface area contributed by atoms with Crippen LogP contribution < -0.4 is 0 Å². The molecule has 0 bridgehead atoms. The van der Waals surface area contributed by atoms with E-state index in [-0.39, 0.29) is 5.39 Å². The molecule has 0 unspecified atom stereocenters. The van der Waals surface area contributed by atoms with Gasteiger partial charge in [0.1, 0.15) is 11.2 Å². The van der Waals surface area contributed by atoms with Gasteiger partial charge in [-0.1, -0.05) is 145 Å². The average molecular weight is 625 g/mol. The summed E-state index contributed by atoms with van der Waals surface area (Å²) < 4.78 is 259. The Morgan fingerprint density at radius 3 is 1.64 bits per heavy atom. The minimum absolute atomic E-state index is 0.371. The monoisotopic (exact) mass is 624 g/mol. The summed E-state index contributed by atoms with van der Waals surface area (Å²) in [5, 5.41) is -6.09. The van der Waals surface area contributed by atoms with Crippen LogP contribution in [0.1, 0.15) is 38.4 Å². The molecule has 0 aliphatic carbocycles. The van der Waals surface area contributed by atoms with Crippen LogP contribution in [0.15, 0.2) is 174 Å². The van der Waals surface area contributed by atoms with Gasteiger partial charge in [-0.05, 0) is 101 Å². The summed E-state index contributed by atoms with van der Waals surface area (Å²) in [7, 11) is 0. The van der Waals surface area contributed by atoms with Gasteiger partial charge >= 0.3 is 0 Å². The molecule has 0 aliphatic rings. The molecular weight excluding hydrogens is 569 g/mol. The molecule has 1 nitrogen and oxygen atoms in total. The maximum atomic E-state index is 9.68. The average Bonchev–Trinajstić information content (AvgIpc) is 3.80. The van der Waals surface area contributed by atoms with Gasteiger partial charge in [0.15, 0.2) is 0 Å². The van der Waals surface area contributed by atoms with E-state index in [0.29, 0.717) is 0 Å². The standard InChI is InChI=1S/C46H28O/c1-2-13-31-27-33(22-21-29(31)11-1)44-37-17-7-9-19-39(37)45(40-20-10-8-18-38(40)44)36-16-6-5-14-34(36)32-23-25-41-43(28-32)47-42-26-24-30-12-3-4-15-35(30)46(41)42/h1-28H/i1D,2D,3D,4D,5D,6D,7D,8D,9D,10D,11D,12D,13D,14D,15D,16D,17D,18D,19D,20D,21D,22D,23D,24D,25D,26D,27D,28D. The second kappa shape index (κ2) is 10.2. The quantitative estimate of drug-likeness (QED) is 0.178. The summed E-state index contributed by atoms with van der Waals surface area (Å²) in [6, 6.07) is -26.1. The molecule has 0 aliphatic heterocycles. The van der Waals surface area contributed by atoms with Gasteiger partial charge in [-0.3, -0.25) is 0 Å². The number of benzene rings is 9. The van der Waals surface area contributed by atoms with Crippen LogP contribution in [0.25, 0.3) is 98.4 Å². The van der Waals surface area contributed by atoms with Crippen molar-refractivity contribution in [2.24, 2.45) is 0 Å². The van der Waals surface area contributed by atoms with Crippen molar-refractivity contribution in [3.05, 3.63) is 169 Å². The number of furan rings is 1. The first kappa shape index (κ1) is 10.7. The van der Waals surface area contributed by atoms with Crippen LogP contribution >= 0.6 is 0 Å². The molecule has 0 N–H and O–H groups in total. The molecule has 9 aromatic carbocycles. The molecule has 0 saturated carbocycles. The Balaban J connectivity index is 1.50. The number of fused-ring (bicyclic) bond motifs is 8. The van der Waals surface area contributed by atoms with Crippen LogP contribution in [-0.4, -0.2) is 0 Å². The minimum Gasteiger partial charge on any atom is -0.456 e. The molecule has 0 spiro atoms. The molecule has 47 heavy (non-hydrogen) atoms. The molecular formula is C46H28O. The van der Waals surface area contributed by atoms with Crippen LogP contribution in [0.2, 0.25) is 0 Å². The van der Waals surface area contributed by atoms with E-state index in [1.165, 1.54) is 0 Å². The first-order valence-corrected chi connectivity index (χ1v) is 13.9. The van der Waals surface area contributed by atoms with E-state index >= 15 is 0 Å². The van der Waals surface area contributed by atoms with Crippen LogP contribution in [0.5, 0.6) is 0 Å². The maximum absolute atomic E-state index is 9.68. The van der Waals surface area contributed by atoms with Crippen molar-refractivity contribution in [3.8, 4) is 33.4 Å². The number of rotatable bonds is 3. The normalized spacial score (nSPS) is 20.2. The van der Waals surface area contributed by atoms with Gasteiger partial charge in [-0.25, -0.2) is 0 Å². The maximum Gasteiger partial charge on any atom is 0.136 e. The molecule has 0 atom stereocenters. The summed E-state index contributed by atoms with van der Waals surface area (Å²) in [4.78, 5) is 0. The summed E-state index contributed by atoms with van der Waals surface area (Å²) in [6.07, 6.45) is 0. The zero-order valence-electron chi connectivity index (χ0n) is 51.4. The van der Waals surface area contributed by atoms with E-state index < -0.39 is 262 Å². The summed E-state index contributed by atoms with van der Waals surface area (Å²) >= 11 is 0. The molecule has 1 heteroatoms. The van der Waals surface area contributed by atoms with Crippen LogP contribution in [0, 0.1) is 0 Å². The molecule has 1 aromatic heterocycles. The molecule has 0 saturated heterocycles. The zero-order valence-corrected chi connectivity index (χ0v) is 23.4. The lowest BCUT2D eigenvalue weighted by atomic mass is 9.83. The van der Waals surface area contributed by atoms with Crippen LogP contribution in [0.3, 0.4) is 0 Å². The number of hydrogen-bond donors (Lipinski definition) is 0. The SMILES string of the molecule is [2H]c1c([2H])c([2H])c(-c2c3c([2H])c([2H])c([2H])c([2H])c3c(-c3c([2H])c([2H])c4c([2H])c([2H])c([2H])c([2H])c4c3[2H])c3c([2H])c([2H])c([2H])c([2H])c23)c(-c2c([2H])c([2H])c3c(oc4c([2H])c([2H])c5c([2H])c([2H])c([2H])c([2H])c5c43)c2[2H])c1[2H]. The fourth-order valence-corrected chi connectivity index (χ4v) is 5.79. The third-order valence-corrected chi connectivity index (χ3v) is 7.76. The molecule has 0 radical (unpaired) electrons. The van der Waals surface area contributed by atoms with Gasteiger partial charge in [-0.15, -0.1) is 0 Å². The van der Waals surface area contributed by atoms with Gasteiger partial charge in [0, 0.05) is 10.8 Å². The first-order chi connectivity index (χ1) is 35.0. The predicted molar refractivity (Wildman–Crippen MR) is 200 cm³/mol. The van der Waals surface area contributed by atoms with E-state index in [1.807, 2.05) is 0 Å². The van der Waals surface area contributed by atoms with Crippen molar-refractivity contribution in [1.29, 1.82) is 0 Å². The van der Waals surface area contributed by atoms with E-state index in [2.05, 4.69) is 0 Å². The summed E-state index contributed by atoms with van der Waals surface area (Å²) in [5.74, 6) is 0. The van der Waals surface area contributed by atoms with Crippen molar-refractivity contribution >= 4 is 65.0 Å². The lowest BCUT2D eigenvalue weighted by molar-refractivity contribution is 0.669. The fraction of sp³-hybridized carbons (Fsp3) is 0. The Hall–Kier alpha value is -6.18. The zero-order chi connectivity index (χ0) is 55.3. The lowest BCUT2D eigenvalue weighted by Crippen LogP contribution is -1.92. The van der Waals surface area contributed by atoms with Gasteiger partial charge in [0.25, 0.3) is 0 Å². The minimum atomic E-state index is -1.09. The Morgan fingerprint density at radius 1 is 0.340 bits per heavy atom. The smallest absolute Gasteiger partial charge is 0.136 e. The summed E-state index contributed by atoms with van der Waals surface area (Å²) in [5.41, 5.74) is -6.21. The van der Waals surface area contributed by atoms with Gasteiger partial charge in [-0.2, -0.15) is 0 Å². The lowest BCUT2D eigenvalue weighted by Gasteiger charge is -2.20. The van der Waals surface area contributed by atoms with Crippen molar-refractivity contribution in [2.75, 3.05) is 0 Å². The number of hydrogen-bond acceptors (Lipinski definition) is 1. The topological polar surface area (TPSA) is 13.1 Å². The molecule has 10 rings (SSSR count). The van der Waals surface area contributed by atoms with Gasteiger partial charge < -0.3 is 4.42 Å². The summed E-state index contributed by atoms with van der Waals surface area (Å²) in [6.45, 7) is 0. The van der Waals surface area contributed by atoms with Gasteiger partial charge in [0.2, 0.25) is 0 Å². The second-order valence-electron chi connectivity index (χ2n) is 10.3. The van der Waals surface area contributed by atoms with Crippen molar-refractivity contribution in [3.63, 3.8) is 0 Å². The highest BCUT2D eigenvalue weighted by Crippen LogP contribution is 2.47. The Morgan fingerprint density at radius 2 is 0.894 bits per heavy atom. The van der Waals surface area contributed by atoms with Crippen molar-refractivity contribution in [1.82, 2.24) is 0 Å². The van der Waals surface area contributed by atoms with E-state index in [0.717, 1.165) is 0 Å². The predicted octanol–water partition coefficient (Wildman–Crippen LogP) is 13.2. The highest BCUT2D eigenvalue weighted by atomic mass is 16.3. The highest BCUT2D eigenvalue weighted by molar-refractivity contribution is 6.23. The molecule has 1 heterocycles.